The predicted octanol–water partition coefficient (Wildman–Crippen LogP) is 6.48. The van der Waals surface area contributed by atoms with Crippen LogP contribution < -0.4 is 21.6 Å². The molecule has 6 aliphatic rings. The summed E-state index contributed by atoms with van der Waals surface area (Å²) in [6, 6.07) is 9.06. The van der Waals surface area contributed by atoms with E-state index in [0.717, 1.165) is 40.3 Å². The number of aromatic nitrogens is 2. The second-order valence-corrected chi connectivity index (χ2v) is 18.6. The van der Waals surface area contributed by atoms with E-state index in [1.165, 1.54) is 11.6 Å². The van der Waals surface area contributed by atoms with Crippen molar-refractivity contribution in [1.82, 2.24) is 14.9 Å². The highest BCUT2D eigenvalue weighted by Gasteiger charge is 2.65. The quantitative estimate of drug-likeness (QED) is 0.113. The van der Waals surface area contributed by atoms with Crippen LogP contribution in [0.25, 0.3) is 22.2 Å². The fourth-order valence-corrected chi connectivity index (χ4v) is 11.6. The number of allylic oxidation sites excluding steroid dienone is 1. The van der Waals surface area contributed by atoms with Crippen LogP contribution in [-0.2, 0) is 33.0 Å². The van der Waals surface area contributed by atoms with Crippen LogP contribution >= 0.6 is 21.6 Å². The van der Waals surface area contributed by atoms with Crippen molar-refractivity contribution < 1.29 is 28.5 Å². The van der Waals surface area contributed by atoms with E-state index in [1.807, 2.05) is 25.3 Å². The number of aliphatic imine (C=N–C) groups is 1. The van der Waals surface area contributed by atoms with Gasteiger partial charge in [0, 0.05) is 77.2 Å². The lowest BCUT2D eigenvalue weighted by Crippen LogP contribution is -2.55. The minimum Gasteiger partial charge on any atom is -0.507 e. The van der Waals surface area contributed by atoms with E-state index in [2.05, 4.69) is 28.2 Å². The van der Waals surface area contributed by atoms with E-state index in [-0.39, 0.29) is 28.3 Å². The van der Waals surface area contributed by atoms with Crippen LogP contribution in [0.15, 0.2) is 68.1 Å². The molecule has 5 atom stereocenters. The number of anilines is 2. The fraction of sp³-hybridized carbons (Fsp3) is 0.405. The van der Waals surface area contributed by atoms with Gasteiger partial charge in [-0.1, -0.05) is 21.6 Å². The van der Waals surface area contributed by atoms with Gasteiger partial charge in [0.1, 0.15) is 51.6 Å². The summed E-state index contributed by atoms with van der Waals surface area (Å²) in [5, 5.41) is 11.8. The lowest BCUT2D eigenvalue weighted by atomic mass is 9.74. The molecule has 9 heterocycles. The van der Waals surface area contributed by atoms with Crippen LogP contribution in [0.2, 0.25) is 0 Å². The molecule has 15 heteroatoms. The molecule has 0 unspecified atom stereocenters. The second-order valence-electron chi connectivity index (χ2n) is 16.0. The van der Waals surface area contributed by atoms with Gasteiger partial charge in [0.05, 0.1) is 29.7 Å². The molecule has 1 spiro atoms. The monoisotopic (exact) mass is 806 g/mol. The van der Waals surface area contributed by atoms with Crippen LogP contribution in [0, 0.1) is 6.92 Å². The summed E-state index contributed by atoms with van der Waals surface area (Å²) in [4.78, 5) is 43.7. The summed E-state index contributed by atoms with van der Waals surface area (Å²) >= 11 is 0. The largest absolute Gasteiger partial charge is 0.507 e. The number of hydrogen-bond acceptors (Lipinski definition) is 15. The molecule has 6 aliphatic heterocycles. The van der Waals surface area contributed by atoms with Crippen molar-refractivity contribution in [2.75, 3.05) is 23.8 Å². The number of esters is 1. The first kappa shape index (κ1) is 36.4. The first-order valence-electron chi connectivity index (χ1n) is 19.4. The molecule has 1 aromatic carbocycles. The van der Waals surface area contributed by atoms with Gasteiger partial charge in [0.2, 0.25) is 0 Å². The maximum atomic E-state index is 14.3. The molecule has 294 valence electrons. The third kappa shape index (κ3) is 6.25. The number of benzene rings is 1. The zero-order chi connectivity index (χ0) is 39.2. The van der Waals surface area contributed by atoms with Crippen LogP contribution in [-0.4, -0.2) is 67.9 Å². The van der Waals surface area contributed by atoms with Crippen LogP contribution in [0.5, 0.6) is 11.5 Å². The molecule has 0 aliphatic carbocycles. The highest BCUT2D eigenvalue weighted by atomic mass is 33.1. The molecule has 4 aromatic rings. The number of carbonyl (C=O) groups excluding carboxylic acids is 1. The lowest BCUT2D eigenvalue weighted by Gasteiger charge is -2.47. The molecule has 0 amide bonds. The summed E-state index contributed by atoms with van der Waals surface area (Å²) in [6.07, 6.45) is 8.23. The Kier molecular flexibility index (Phi) is 8.65. The van der Waals surface area contributed by atoms with E-state index in [9.17, 15) is 14.7 Å². The molecular formula is C42H42N6O7S2. The number of aromatic hydroxyl groups is 1. The summed E-state index contributed by atoms with van der Waals surface area (Å²) in [5.41, 5.74) is 18.0. The number of phenolic OH excluding ortho intramolecular Hbond substituents is 1. The average molecular weight is 807 g/mol. The number of carbonyl (C=O) groups is 1. The van der Waals surface area contributed by atoms with Crippen LogP contribution in [0.3, 0.4) is 0 Å². The Morgan fingerprint density at radius 1 is 1.07 bits per heavy atom. The van der Waals surface area contributed by atoms with Gasteiger partial charge in [-0.2, -0.15) is 0 Å². The van der Waals surface area contributed by atoms with E-state index < -0.39 is 29.2 Å². The molecule has 2 saturated heterocycles. The molecule has 13 nitrogen and oxygen atoms in total. The Balaban J connectivity index is 1.01. The zero-order valence-corrected chi connectivity index (χ0v) is 33.2. The van der Waals surface area contributed by atoms with Gasteiger partial charge < -0.3 is 40.1 Å². The SMILES string of the molecule is Cc1cc(=O)c2c(O)c3c(cc2o1)O[C@@]1(C)CCSSCc2c(cc(CN4C=C5N=CC=C5C4)nc2N)-c2cc(cc(N)n2)CC[C@H]2O[C@@]24CCC[C@H]3[C@H]1OC4=O. The number of epoxide rings is 1. The highest BCUT2D eigenvalue weighted by molar-refractivity contribution is 8.76. The summed E-state index contributed by atoms with van der Waals surface area (Å²) in [6.45, 7) is 4.97. The first-order chi connectivity index (χ1) is 27.5. The molecule has 3 aromatic heterocycles. The number of phenols is 1. The standard InChI is InChI=1S/C42H42N6O7S2/c1-21-12-30(49)36-31(52-21)16-32-35(37(36)50)25-4-3-8-42-33(55-42)6-5-22-13-28(47-34(43)14-22)26-15-24(18-48-17-23-7-10-45-29(23)19-48)46-39(44)27(26)20-57-56-11-9-41(2,54-32)38(25)53-40(42)51/h7,10,12-16,19,25,33,38,50H,3-6,8-9,11,17-18,20H2,1-2H3,(H2,43,47)(H2,44,46)/t25-,33-,38-,41+,42+/m1/s1. The normalized spacial score (nSPS) is 27.7. The summed E-state index contributed by atoms with van der Waals surface area (Å²) in [5.74, 6) is 1.87. The van der Waals surface area contributed by atoms with E-state index in [4.69, 9.17) is 40.1 Å². The molecule has 10 rings (SSSR count). The van der Waals surface area contributed by atoms with Crippen molar-refractivity contribution in [3.05, 3.63) is 92.2 Å². The molecule has 0 saturated carbocycles. The Bertz CT molecular complexity index is 2540. The number of pyridine rings is 2. The first-order valence-corrected chi connectivity index (χ1v) is 21.8. The molecule has 57 heavy (non-hydrogen) atoms. The molecule has 4 bridgehead atoms. The number of nitrogens with zero attached hydrogens (tertiary/aromatic N) is 4. The van der Waals surface area contributed by atoms with E-state index in [1.54, 1.807) is 34.6 Å². The van der Waals surface area contributed by atoms with Crippen LogP contribution in [0.1, 0.15) is 73.1 Å². The number of rotatable bonds is 2. The maximum Gasteiger partial charge on any atom is 0.341 e. The third-order valence-corrected chi connectivity index (χ3v) is 14.5. The number of nitrogen functional groups attached to an aromatic ring is 2. The zero-order valence-electron chi connectivity index (χ0n) is 31.6. The Morgan fingerprint density at radius 2 is 1.95 bits per heavy atom. The minimum atomic E-state index is -1.07. The van der Waals surface area contributed by atoms with Gasteiger partial charge in [-0.05, 0) is 75.8 Å². The van der Waals surface area contributed by atoms with Gasteiger partial charge in [0.15, 0.2) is 11.0 Å². The van der Waals surface area contributed by atoms with Gasteiger partial charge in [-0.15, -0.1) is 0 Å². The van der Waals surface area contributed by atoms with Gasteiger partial charge >= 0.3 is 5.97 Å². The molecule has 5 N–H and O–H groups in total. The minimum absolute atomic E-state index is 0.0956. The van der Waals surface area contributed by atoms with E-state index >= 15 is 0 Å². The van der Waals surface area contributed by atoms with Crippen molar-refractivity contribution in [1.29, 1.82) is 0 Å². The third-order valence-electron chi connectivity index (χ3n) is 12.2. The smallest absolute Gasteiger partial charge is 0.341 e. The Morgan fingerprint density at radius 3 is 2.81 bits per heavy atom. The lowest BCUT2D eigenvalue weighted by molar-refractivity contribution is -0.175. The number of ether oxygens (including phenoxy) is 3. The second kappa shape index (κ2) is 13.6. The summed E-state index contributed by atoms with van der Waals surface area (Å²) in [7, 11) is 3.31. The Labute approximate surface area is 336 Å². The van der Waals surface area contributed by atoms with Gasteiger partial charge in [0.25, 0.3) is 0 Å². The highest BCUT2D eigenvalue weighted by Crippen LogP contribution is 2.55. The fourth-order valence-electron chi connectivity index (χ4n) is 9.33. The van der Waals surface area contributed by atoms with Gasteiger partial charge in [-0.3, -0.25) is 9.79 Å². The number of hydrogen-bond donors (Lipinski definition) is 3. The molecule has 2 fully saturated rings. The molecular weight excluding hydrogens is 765 g/mol. The summed E-state index contributed by atoms with van der Waals surface area (Å²) < 4.78 is 25.5. The number of aryl methyl sites for hydroxylation is 2. The topological polar surface area (TPSA) is 192 Å². The van der Waals surface area contributed by atoms with Crippen molar-refractivity contribution in [3.63, 3.8) is 0 Å². The van der Waals surface area contributed by atoms with Crippen molar-refractivity contribution in [2.24, 2.45) is 4.99 Å². The van der Waals surface area contributed by atoms with Crippen molar-refractivity contribution in [2.45, 2.75) is 94.0 Å². The number of fused-ring (bicyclic) bond motifs is 9. The van der Waals surface area contributed by atoms with Crippen LogP contribution in [0.4, 0.5) is 11.6 Å². The number of nitrogens with two attached hydrogens (primary N) is 2. The maximum absolute atomic E-state index is 14.3. The molecule has 0 radical (unpaired) electrons. The van der Waals surface area contributed by atoms with Gasteiger partial charge in [-0.25, -0.2) is 14.8 Å². The van der Waals surface area contributed by atoms with Crippen molar-refractivity contribution in [3.8, 4) is 22.8 Å². The Hall–Kier alpha value is -4.99. The predicted molar refractivity (Wildman–Crippen MR) is 220 cm³/mol. The van der Waals surface area contributed by atoms with E-state index in [0.29, 0.717) is 85.3 Å². The van der Waals surface area contributed by atoms with Crippen molar-refractivity contribution >= 4 is 56.4 Å². The average Bonchev–Trinajstić information content (AvgIpc) is 3.47.